The summed E-state index contributed by atoms with van der Waals surface area (Å²) >= 11 is 0. The molecule has 0 radical (unpaired) electrons. The first-order valence-corrected chi connectivity index (χ1v) is 8.67. The topological polar surface area (TPSA) is 49.0 Å². The third kappa shape index (κ3) is 3.75. The van der Waals surface area contributed by atoms with Crippen molar-refractivity contribution in [2.24, 2.45) is 0 Å². The van der Waals surface area contributed by atoms with Crippen LogP contribution in [0.4, 0.5) is 4.39 Å². The third-order valence-corrected chi connectivity index (χ3v) is 4.52. The SMILES string of the molecule is Cc1cc(C(=O)N(CC#N)Cc2ccccc2)c(C)n1-c1ccccc1F. The van der Waals surface area contributed by atoms with E-state index in [9.17, 15) is 9.18 Å². The van der Waals surface area contributed by atoms with Gasteiger partial charge < -0.3 is 9.47 Å². The van der Waals surface area contributed by atoms with Crippen molar-refractivity contribution < 1.29 is 9.18 Å². The Hall–Kier alpha value is -3.39. The van der Waals surface area contributed by atoms with Crippen molar-refractivity contribution in [1.82, 2.24) is 9.47 Å². The lowest BCUT2D eigenvalue weighted by Gasteiger charge is -2.20. The summed E-state index contributed by atoms with van der Waals surface area (Å²) in [5.74, 6) is -0.590. The molecule has 0 unspecified atom stereocenters. The Bertz CT molecular complexity index is 1000. The van der Waals surface area contributed by atoms with E-state index >= 15 is 0 Å². The van der Waals surface area contributed by atoms with Crippen molar-refractivity contribution in [3.63, 3.8) is 0 Å². The van der Waals surface area contributed by atoms with E-state index in [1.165, 1.54) is 11.0 Å². The van der Waals surface area contributed by atoms with Crippen LogP contribution >= 0.6 is 0 Å². The van der Waals surface area contributed by atoms with Gasteiger partial charge in [-0.1, -0.05) is 42.5 Å². The number of hydrogen-bond acceptors (Lipinski definition) is 2. The molecule has 0 atom stereocenters. The van der Waals surface area contributed by atoms with Crippen LogP contribution in [0.2, 0.25) is 0 Å². The largest absolute Gasteiger partial charge is 0.321 e. The lowest BCUT2D eigenvalue weighted by atomic mass is 10.1. The molecular formula is C22H20FN3O. The molecule has 0 saturated heterocycles. The average molecular weight is 361 g/mol. The van der Waals surface area contributed by atoms with Crippen LogP contribution in [-0.4, -0.2) is 21.9 Å². The molecule has 0 aliphatic rings. The number of nitrogens with zero attached hydrogens (tertiary/aromatic N) is 3. The molecule has 1 aromatic heterocycles. The molecule has 2 aromatic carbocycles. The fourth-order valence-electron chi connectivity index (χ4n) is 3.24. The maximum atomic E-state index is 14.3. The number of carbonyl (C=O) groups excluding carboxylic acids is 1. The zero-order valence-electron chi connectivity index (χ0n) is 15.3. The Balaban J connectivity index is 1.97. The second-order valence-corrected chi connectivity index (χ2v) is 6.38. The first-order valence-electron chi connectivity index (χ1n) is 8.67. The third-order valence-electron chi connectivity index (χ3n) is 4.52. The first kappa shape index (κ1) is 18.4. The number of hydrogen-bond donors (Lipinski definition) is 0. The number of amides is 1. The van der Waals surface area contributed by atoms with Gasteiger partial charge in [0, 0.05) is 17.9 Å². The van der Waals surface area contributed by atoms with Gasteiger partial charge >= 0.3 is 0 Å². The molecular weight excluding hydrogens is 341 g/mol. The minimum Gasteiger partial charge on any atom is -0.321 e. The Morgan fingerprint density at radius 1 is 1.11 bits per heavy atom. The number of para-hydroxylation sites is 1. The number of rotatable bonds is 5. The summed E-state index contributed by atoms with van der Waals surface area (Å²) in [7, 11) is 0. The van der Waals surface area contributed by atoms with Gasteiger partial charge in [0.05, 0.1) is 17.3 Å². The minimum atomic E-state index is -0.350. The van der Waals surface area contributed by atoms with Crippen LogP contribution < -0.4 is 0 Å². The highest BCUT2D eigenvalue weighted by atomic mass is 19.1. The normalized spacial score (nSPS) is 10.4. The van der Waals surface area contributed by atoms with Crippen molar-refractivity contribution in [3.8, 4) is 11.8 Å². The maximum absolute atomic E-state index is 14.3. The van der Waals surface area contributed by atoms with Crippen LogP contribution in [-0.2, 0) is 6.54 Å². The Morgan fingerprint density at radius 3 is 2.44 bits per heavy atom. The van der Waals surface area contributed by atoms with E-state index in [0.717, 1.165) is 11.3 Å². The predicted molar refractivity (Wildman–Crippen MR) is 102 cm³/mol. The van der Waals surface area contributed by atoms with Gasteiger partial charge in [0.2, 0.25) is 0 Å². The molecule has 136 valence electrons. The Morgan fingerprint density at radius 2 is 1.78 bits per heavy atom. The molecule has 0 fully saturated rings. The zero-order chi connectivity index (χ0) is 19.4. The summed E-state index contributed by atoms with van der Waals surface area (Å²) < 4.78 is 16.0. The van der Waals surface area contributed by atoms with Crippen LogP contribution in [0.15, 0.2) is 60.7 Å². The van der Waals surface area contributed by atoms with E-state index in [1.807, 2.05) is 37.3 Å². The summed E-state index contributed by atoms with van der Waals surface area (Å²) in [6.45, 7) is 3.95. The van der Waals surface area contributed by atoms with E-state index in [1.54, 1.807) is 35.8 Å². The summed E-state index contributed by atoms with van der Waals surface area (Å²) in [5.41, 5.74) is 3.24. The summed E-state index contributed by atoms with van der Waals surface area (Å²) in [4.78, 5) is 14.6. The predicted octanol–water partition coefficient (Wildman–Crippen LogP) is 4.40. The van der Waals surface area contributed by atoms with Crippen LogP contribution in [0.25, 0.3) is 5.69 Å². The number of nitriles is 1. The monoisotopic (exact) mass is 361 g/mol. The highest BCUT2D eigenvalue weighted by Crippen LogP contribution is 2.24. The Labute approximate surface area is 158 Å². The van der Waals surface area contributed by atoms with E-state index < -0.39 is 0 Å². The summed E-state index contributed by atoms with van der Waals surface area (Å²) in [5, 5.41) is 9.16. The van der Waals surface area contributed by atoms with Gasteiger partial charge in [-0.3, -0.25) is 4.79 Å². The zero-order valence-corrected chi connectivity index (χ0v) is 15.3. The molecule has 3 aromatic rings. The maximum Gasteiger partial charge on any atom is 0.256 e. The van der Waals surface area contributed by atoms with Crippen molar-refractivity contribution in [3.05, 3.63) is 89.0 Å². The molecule has 0 spiro atoms. The highest BCUT2D eigenvalue weighted by Gasteiger charge is 2.22. The van der Waals surface area contributed by atoms with Crippen LogP contribution in [0, 0.1) is 31.0 Å². The fourth-order valence-corrected chi connectivity index (χ4v) is 3.24. The van der Waals surface area contributed by atoms with Gasteiger partial charge in [0.25, 0.3) is 5.91 Å². The number of benzene rings is 2. The minimum absolute atomic E-state index is 0.0168. The van der Waals surface area contributed by atoms with Crippen LogP contribution in [0.3, 0.4) is 0 Å². The summed E-state index contributed by atoms with van der Waals surface area (Å²) in [6, 6.07) is 19.8. The average Bonchev–Trinajstić information content (AvgIpc) is 2.96. The molecule has 1 amide bonds. The van der Waals surface area contributed by atoms with Crippen LogP contribution in [0.5, 0.6) is 0 Å². The Kier molecular flexibility index (Phi) is 5.37. The number of aromatic nitrogens is 1. The van der Waals surface area contributed by atoms with Gasteiger partial charge in [0.15, 0.2) is 0 Å². The molecule has 0 N–H and O–H groups in total. The molecule has 5 heteroatoms. The van der Waals surface area contributed by atoms with Crippen molar-refractivity contribution in [2.45, 2.75) is 20.4 Å². The first-order chi connectivity index (χ1) is 13.0. The second kappa shape index (κ2) is 7.88. The van der Waals surface area contributed by atoms with Gasteiger partial charge in [-0.15, -0.1) is 0 Å². The molecule has 4 nitrogen and oxygen atoms in total. The lowest BCUT2D eigenvalue weighted by molar-refractivity contribution is 0.0764. The molecule has 27 heavy (non-hydrogen) atoms. The van der Waals surface area contributed by atoms with Crippen molar-refractivity contribution >= 4 is 5.91 Å². The van der Waals surface area contributed by atoms with Crippen molar-refractivity contribution in [2.75, 3.05) is 6.54 Å². The van der Waals surface area contributed by atoms with Gasteiger partial charge in [-0.05, 0) is 37.6 Å². The quantitative estimate of drug-likeness (QED) is 0.633. The van der Waals surface area contributed by atoms with Crippen molar-refractivity contribution in [1.29, 1.82) is 5.26 Å². The number of aryl methyl sites for hydroxylation is 1. The molecule has 3 rings (SSSR count). The molecule has 0 aliphatic heterocycles. The number of halogens is 1. The number of carbonyl (C=O) groups is 1. The van der Waals surface area contributed by atoms with Gasteiger partial charge in [-0.25, -0.2) is 4.39 Å². The fraction of sp³-hybridized carbons (Fsp3) is 0.182. The van der Waals surface area contributed by atoms with Gasteiger partial charge in [-0.2, -0.15) is 5.26 Å². The highest BCUT2D eigenvalue weighted by molar-refractivity contribution is 5.96. The van der Waals surface area contributed by atoms with Gasteiger partial charge in [0.1, 0.15) is 12.4 Å². The van der Waals surface area contributed by atoms with E-state index in [2.05, 4.69) is 6.07 Å². The standard InChI is InChI=1S/C22H20FN3O/c1-16-14-19(17(2)26(16)21-11-7-6-10-20(21)23)22(27)25(13-12-24)15-18-8-4-3-5-9-18/h3-11,14H,13,15H2,1-2H3. The molecule has 0 aliphatic carbocycles. The molecule has 0 saturated carbocycles. The van der Waals surface area contributed by atoms with E-state index in [0.29, 0.717) is 23.5 Å². The molecule has 1 heterocycles. The lowest BCUT2D eigenvalue weighted by Crippen LogP contribution is -2.31. The second-order valence-electron chi connectivity index (χ2n) is 6.38. The molecule has 0 bridgehead atoms. The van der Waals surface area contributed by atoms with E-state index in [4.69, 9.17) is 5.26 Å². The van der Waals surface area contributed by atoms with Crippen LogP contribution in [0.1, 0.15) is 27.3 Å². The summed E-state index contributed by atoms with van der Waals surface area (Å²) in [6.07, 6.45) is 0. The smallest absolute Gasteiger partial charge is 0.256 e. The van der Waals surface area contributed by atoms with E-state index in [-0.39, 0.29) is 18.3 Å².